The maximum atomic E-state index is 12.8. The number of hydrogen-bond acceptors (Lipinski definition) is 3. The summed E-state index contributed by atoms with van der Waals surface area (Å²) in [5.74, 6) is 0. The van der Waals surface area contributed by atoms with Gasteiger partial charge in [-0.3, -0.25) is 0 Å². The SMILES string of the molecule is CC(=N)c1cn(S(=O)c2ccc(C)cc2)c2ncc(Cl)cc12. The quantitative estimate of drug-likeness (QED) is 0.738. The van der Waals surface area contributed by atoms with Crippen LogP contribution >= 0.6 is 11.6 Å². The van der Waals surface area contributed by atoms with E-state index < -0.39 is 11.0 Å². The van der Waals surface area contributed by atoms with Crippen LogP contribution in [-0.2, 0) is 11.0 Å². The summed E-state index contributed by atoms with van der Waals surface area (Å²) in [5.41, 5.74) is 2.74. The number of benzene rings is 1. The molecular weight excluding hydrogens is 318 g/mol. The van der Waals surface area contributed by atoms with E-state index in [0.717, 1.165) is 10.9 Å². The van der Waals surface area contributed by atoms with Gasteiger partial charge in [-0.25, -0.2) is 13.2 Å². The number of aromatic nitrogens is 2. The summed E-state index contributed by atoms with van der Waals surface area (Å²) in [6.45, 7) is 3.67. The van der Waals surface area contributed by atoms with Crippen LogP contribution in [0.3, 0.4) is 0 Å². The first-order valence-corrected chi connectivity index (χ1v) is 8.17. The van der Waals surface area contributed by atoms with Crippen LogP contribution in [0.15, 0.2) is 47.6 Å². The number of halogens is 1. The number of nitrogens with zero attached hydrogens (tertiary/aromatic N) is 2. The third kappa shape index (κ3) is 2.58. The first-order chi connectivity index (χ1) is 10.5. The van der Waals surface area contributed by atoms with Crippen molar-refractivity contribution in [2.24, 2.45) is 0 Å². The fourth-order valence-corrected chi connectivity index (χ4v) is 3.50. The lowest BCUT2D eigenvalue weighted by atomic mass is 10.1. The van der Waals surface area contributed by atoms with Gasteiger partial charge in [-0.2, -0.15) is 0 Å². The molecule has 6 heteroatoms. The van der Waals surface area contributed by atoms with Crippen molar-refractivity contribution in [3.8, 4) is 0 Å². The van der Waals surface area contributed by atoms with Crippen LogP contribution in [0.25, 0.3) is 11.0 Å². The monoisotopic (exact) mass is 331 g/mol. The second kappa shape index (κ2) is 5.66. The Morgan fingerprint density at radius 1 is 1.32 bits per heavy atom. The summed E-state index contributed by atoms with van der Waals surface area (Å²) in [5, 5.41) is 9.12. The number of rotatable bonds is 3. The molecule has 0 saturated heterocycles. The van der Waals surface area contributed by atoms with Crippen molar-refractivity contribution < 1.29 is 4.21 Å². The lowest BCUT2D eigenvalue weighted by Crippen LogP contribution is -2.04. The summed E-state index contributed by atoms with van der Waals surface area (Å²) in [7, 11) is -1.42. The number of fused-ring (bicyclic) bond motifs is 1. The molecule has 0 saturated carbocycles. The molecule has 22 heavy (non-hydrogen) atoms. The second-order valence-corrected chi connectivity index (χ2v) is 6.88. The van der Waals surface area contributed by atoms with E-state index in [0.29, 0.717) is 26.8 Å². The van der Waals surface area contributed by atoms with Crippen LogP contribution in [0.4, 0.5) is 0 Å². The summed E-state index contributed by atoms with van der Waals surface area (Å²) in [6.07, 6.45) is 3.22. The average molecular weight is 332 g/mol. The summed E-state index contributed by atoms with van der Waals surface area (Å²) < 4.78 is 14.4. The zero-order chi connectivity index (χ0) is 15.9. The Morgan fingerprint density at radius 3 is 2.64 bits per heavy atom. The van der Waals surface area contributed by atoms with Crippen LogP contribution in [0.2, 0.25) is 5.02 Å². The highest BCUT2D eigenvalue weighted by Crippen LogP contribution is 2.25. The second-order valence-electron chi connectivity index (χ2n) is 5.08. The maximum Gasteiger partial charge on any atom is 0.158 e. The first-order valence-electron chi connectivity index (χ1n) is 6.68. The van der Waals surface area contributed by atoms with Crippen molar-refractivity contribution >= 4 is 39.3 Å². The molecule has 3 rings (SSSR count). The highest BCUT2D eigenvalue weighted by atomic mass is 35.5. The summed E-state index contributed by atoms with van der Waals surface area (Å²) in [6, 6.07) is 9.27. The van der Waals surface area contributed by atoms with Crippen molar-refractivity contribution in [2.75, 3.05) is 0 Å². The summed E-state index contributed by atoms with van der Waals surface area (Å²) >= 11 is 6.00. The zero-order valence-electron chi connectivity index (χ0n) is 12.1. The molecule has 0 fully saturated rings. The molecule has 0 aliphatic heterocycles. The van der Waals surface area contributed by atoms with Gasteiger partial charge in [0, 0.05) is 29.1 Å². The van der Waals surface area contributed by atoms with E-state index in [1.54, 1.807) is 23.2 Å². The molecule has 0 bridgehead atoms. The highest BCUT2D eigenvalue weighted by molar-refractivity contribution is 7.83. The van der Waals surface area contributed by atoms with Gasteiger partial charge in [0.05, 0.1) is 9.92 Å². The van der Waals surface area contributed by atoms with Crippen LogP contribution in [0.5, 0.6) is 0 Å². The van der Waals surface area contributed by atoms with Crippen molar-refractivity contribution in [2.45, 2.75) is 18.7 Å². The van der Waals surface area contributed by atoms with Gasteiger partial charge in [-0.15, -0.1) is 0 Å². The lowest BCUT2D eigenvalue weighted by Gasteiger charge is -2.05. The minimum absolute atomic E-state index is 0.383. The van der Waals surface area contributed by atoms with Crippen LogP contribution < -0.4 is 0 Å². The lowest BCUT2D eigenvalue weighted by molar-refractivity contribution is 0.678. The van der Waals surface area contributed by atoms with E-state index in [1.165, 1.54) is 6.20 Å². The predicted molar refractivity (Wildman–Crippen MR) is 90.2 cm³/mol. The van der Waals surface area contributed by atoms with E-state index in [2.05, 4.69) is 4.98 Å². The molecule has 112 valence electrons. The van der Waals surface area contributed by atoms with Crippen molar-refractivity contribution in [1.29, 1.82) is 5.41 Å². The minimum Gasteiger partial charge on any atom is -0.305 e. The molecule has 0 amide bonds. The fourth-order valence-electron chi connectivity index (χ4n) is 2.25. The number of nitrogens with one attached hydrogen (secondary N) is 1. The third-order valence-electron chi connectivity index (χ3n) is 3.38. The number of aryl methyl sites for hydroxylation is 1. The molecular formula is C16H14ClN3OS. The van der Waals surface area contributed by atoms with Gasteiger partial charge in [0.25, 0.3) is 0 Å². The van der Waals surface area contributed by atoms with Gasteiger partial charge in [-0.05, 0) is 32.0 Å². The Labute approximate surface area is 135 Å². The van der Waals surface area contributed by atoms with E-state index in [-0.39, 0.29) is 0 Å². The van der Waals surface area contributed by atoms with E-state index in [9.17, 15) is 4.21 Å². The van der Waals surface area contributed by atoms with E-state index >= 15 is 0 Å². The molecule has 0 radical (unpaired) electrons. The van der Waals surface area contributed by atoms with Crippen LogP contribution in [0.1, 0.15) is 18.1 Å². The van der Waals surface area contributed by atoms with Crippen molar-refractivity contribution in [1.82, 2.24) is 8.96 Å². The molecule has 2 heterocycles. The highest BCUT2D eigenvalue weighted by Gasteiger charge is 2.16. The molecule has 1 N–H and O–H groups in total. The number of pyridine rings is 1. The topological polar surface area (TPSA) is 58.7 Å². The molecule has 2 aromatic heterocycles. The maximum absolute atomic E-state index is 12.8. The Hall–Kier alpha value is -1.98. The molecule has 0 aliphatic carbocycles. The van der Waals surface area contributed by atoms with E-state index in [4.69, 9.17) is 17.0 Å². The Balaban J connectivity index is 2.20. The minimum atomic E-state index is -1.42. The molecule has 0 spiro atoms. The molecule has 0 aliphatic rings. The van der Waals surface area contributed by atoms with Gasteiger partial charge in [0.1, 0.15) is 0 Å². The normalized spacial score (nSPS) is 12.5. The molecule has 1 unspecified atom stereocenters. The smallest absolute Gasteiger partial charge is 0.158 e. The van der Waals surface area contributed by atoms with E-state index in [1.807, 2.05) is 31.2 Å². The van der Waals surface area contributed by atoms with Crippen LogP contribution in [-0.4, -0.2) is 18.9 Å². The molecule has 4 nitrogen and oxygen atoms in total. The Morgan fingerprint density at radius 2 is 2.00 bits per heavy atom. The van der Waals surface area contributed by atoms with Crippen molar-refractivity contribution in [3.05, 3.63) is 58.9 Å². The largest absolute Gasteiger partial charge is 0.305 e. The number of hydrogen-bond donors (Lipinski definition) is 1. The van der Waals surface area contributed by atoms with Crippen LogP contribution in [0, 0.1) is 12.3 Å². The molecule has 3 aromatic rings. The van der Waals surface area contributed by atoms with Crippen molar-refractivity contribution in [3.63, 3.8) is 0 Å². The Bertz CT molecular complexity index is 900. The first kappa shape index (κ1) is 14.9. The Kier molecular flexibility index (Phi) is 3.85. The third-order valence-corrected chi connectivity index (χ3v) is 4.90. The van der Waals surface area contributed by atoms with Gasteiger partial charge < -0.3 is 5.41 Å². The molecule has 1 atom stereocenters. The zero-order valence-corrected chi connectivity index (χ0v) is 13.7. The van der Waals surface area contributed by atoms with Gasteiger partial charge in [0.15, 0.2) is 16.6 Å². The van der Waals surface area contributed by atoms with Gasteiger partial charge in [0.2, 0.25) is 0 Å². The molecule has 1 aromatic carbocycles. The van der Waals surface area contributed by atoms with Gasteiger partial charge in [-0.1, -0.05) is 29.3 Å². The fraction of sp³-hybridized carbons (Fsp3) is 0.125. The predicted octanol–water partition coefficient (Wildman–Crippen LogP) is 3.96. The standard InChI is InChI=1S/C16H14ClN3OS/c1-10-3-5-13(6-4-10)22(21)20-9-15(11(2)18)14-7-12(17)8-19-16(14)20/h3-9,18H,1-2H3. The summed E-state index contributed by atoms with van der Waals surface area (Å²) in [4.78, 5) is 4.98. The average Bonchev–Trinajstić information content (AvgIpc) is 2.86. The van der Waals surface area contributed by atoms with Gasteiger partial charge >= 0.3 is 0 Å².